The Kier molecular flexibility index (Phi) is 5.08. The maximum atomic E-state index is 14.4. The summed E-state index contributed by atoms with van der Waals surface area (Å²) in [6.45, 7) is 3.48. The fraction of sp³-hybridized carbons (Fsp3) is 0.467. The Morgan fingerprint density at radius 3 is 1.93 bits per heavy atom. The van der Waals surface area contributed by atoms with Gasteiger partial charge in [-0.15, -0.1) is 0 Å². The zero-order chi connectivity index (χ0) is 32.0. The lowest BCUT2D eigenvalue weighted by molar-refractivity contribution is -0.166. The number of hydrogen-bond acceptors (Lipinski definition) is 12. The molecule has 10 aliphatic heterocycles. The zero-order valence-electron chi connectivity index (χ0n) is 24.9. The lowest BCUT2D eigenvalue weighted by Gasteiger charge is -2.58. The minimum atomic E-state index is -1.51. The van der Waals surface area contributed by atoms with Crippen molar-refractivity contribution in [1.82, 2.24) is 19.6 Å². The van der Waals surface area contributed by atoms with Gasteiger partial charge in [0.05, 0.1) is 11.8 Å². The normalized spacial score (nSPS) is 44.0. The van der Waals surface area contributed by atoms with Crippen LogP contribution in [0.5, 0.6) is 0 Å². The molecule has 10 heterocycles. The standard InChI is InChI=1S/C30H28N6O6S4/c1-27-23(39)35-21-18(20(38)29(35,45-43-27)25(41)32(27)3)17-13(31-21)9-7-11-15(17)34-14-10-6-5-8-12(14)16-19(37)30-26(42)33(4)28(2,44-46-30)24(40)36(30)22(16)34/h5-11,16,18-22,31,37-38H,1-4H3/t16?,18-,19+,20?,21-,22-,27+,28+,29+,30+/m1/s1. The first-order valence-electron chi connectivity index (χ1n) is 15.0. The van der Waals surface area contributed by atoms with Crippen LogP contribution in [0.4, 0.5) is 17.1 Å². The smallest absolute Gasteiger partial charge is 0.264 e. The van der Waals surface area contributed by atoms with Gasteiger partial charge in [-0.1, -0.05) is 45.9 Å². The quantitative estimate of drug-likeness (QED) is 0.377. The summed E-state index contributed by atoms with van der Waals surface area (Å²) in [4.78, 5) is 59.3. The lowest BCUT2D eigenvalue weighted by Crippen LogP contribution is -2.77. The van der Waals surface area contributed by atoms with E-state index in [4.69, 9.17) is 0 Å². The summed E-state index contributed by atoms with van der Waals surface area (Å²) in [6.07, 6.45) is -3.83. The molecule has 10 atom stereocenters. The van der Waals surface area contributed by atoms with Crippen LogP contribution in [0.25, 0.3) is 0 Å². The maximum absolute atomic E-state index is 14.4. The molecule has 0 aromatic heterocycles. The molecule has 12 rings (SSSR count). The van der Waals surface area contributed by atoms with Crippen LogP contribution >= 0.6 is 43.2 Å². The number of nitrogens with one attached hydrogen (secondary N) is 1. The summed E-state index contributed by atoms with van der Waals surface area (Å²) < 4.78 is 0. The average Bonchev–Trinajstić information content (AvgIpc) is 3.73. The van der Waals surface area contributed by atoms with Crippen molar-refractivity contribution >= 4 is 83.9 Å². The van der Waals surface area contributed by atoms with Crippen LogP contribution in [0.15, 0.2) is 42.5 Å². The van der Waals surface area contributed by atoms with E-state index in [0.29, 0.717) is 11.4 Å². The van der Waals surface area contributed by atoms with Crippen LogP contribution in [0.2, 0.25) is 0 Å². The Morgan fingerprint density at radius 1 is 0.696 bits per heavy atom. The van der Waals surface area contributed by atoms with Gasteiger partial charge in [-0.2, -0.15) is 0 Å². The van der Waals surface area contributed by atoms with E-state index in [1.165, 1.54) is 53.0 Å². The summed E-state index contributed by atoms with van der Waals surface area (Å²) in [5.41, 5.74) is 3.73. The fourth-order valence-corrected chi connectivity index (χ4v) is 16.1. The van der Waals surface area contributed by atoms with E-state index in [9.17, 15) is 29.4 Å². The molecule has 238 valence electrons. The Hall–Kier alpha value is -2.76. The number of fused-ring (bicyclic) bond motifs is 10. The van der Waals surface area contributed by atoms with E-state index in [1.807, 2.05) is 47.4 Å². The monoisotopic (exact) mass is 696 g/mol. The number of hydrogen-bond donors (Lipinski definition) is 3. The highest BCUT2D eigenvalue weighted by molar-refractivity contribution is 8.78. The minimum Gasteiger partial charge on any atom is -0.388 e. The molecule has 4 bridgehead atoms. The number of aliphatic hydroxyl groups is 2. The number of rotatable bonds is 1. The van der Waals surface area contributed by atoms with Crippen molar-refractivity contribution in [3.8, 4) is 0 Å². The molecule has 46 heavy (non-hydrogen) atoms. The maximum Gasteiger partial charge on any atom is 0.264 e. The highest BCUT2D eigenvalue weighted by atomic mass is 33.1. The van der Waals surface area contributed by atoms with Gasteiger partial charge in [-0.3, -0.25) is 29.0 Å². The van der Waals surface area contributed by atoms with Crippen LogP contribution < -0.4 is 10.2 Å². The molecule has 8 saturated heterocycles. The van der Waals surface area contributed by atoms with Crippen molar-refractivity contribution in [2.24, 2.45) is 0 Å². The largest absolute Gasteiger partial charge is 0.388 e. The van der Waals surface area contributed by atoms with E-state index < -0.39 is 55.9 Å². The van der Waals surface area contributed by atoms with Gasteiger partial charge in [0.15, 0.2) is 9.74 Å². The number of anilines is 3. The van der Waals surface area contributed by atoms with E-state index in [0.717, 1.165) is 16.8 Å². The molecule has 2 aromatic rings. The van der Waals surface area contributed by atoms with Gasteiger partial charge in [0.2, 0.25) is 9.74 Å². The molecule has 3 N–H and O–H groups in total. The molecule has 2 spiro atoms. The summed E-state index contributed by atoms with van der Waals surface area (Å²) in [5.74, 6) is -2.37. The molecule has 16 heteroatoms. The summed E-state index contributed by atoms with van der Waals surface area (Å²) in [6, 6.07) is 13.4. The number of amides is 4. The van der Waals surface area contributed by atoms with Crippen LogP contribution in [-0.2, 0) is 19.2 Å². The second-order valence-electron chi connectivity index (χ2n) is 13.4. The molecule has 10 aliphatic rings. The third kappa shape index (κ3) is 2.60. The van der Waals surface area contributed by atoms with Gasteiger partial charge in [0, 0.05) is 36.7 Å². The first-order valence-corrected chi connectivity index (χ1v) is 19.3. The Morgan fingerprint density at radius 2 is 1.26 bits per heavy atom. The number of likely N-dealkylation sites (N-methyl/N-ethyl adjacent to an activating group) is 2. The van der Waals surface area contributed by atoms with Gasteiger partial charge in [0.25, 0.3) is 23.6 Å². The molecule has 0 saturated carbocycles. The predicted molar refractivity (Wildman–Crippen MR) is 176 cm³/mol. The zero-order valence-corrected chi connectivity index (χ0v) is 28.2. The second-order valence-corrected chi connectivity index (χ2v) is 18.9. The second kappa shape index (κ2) is 8.26. The molecular weight excluding hydrogens is 669 g/mol. The third-order valence-electron chi connectivity index (χ3n) is 11.6. The molecule has 0 aliphatic carbocycles. The fourth-order valence-electron chi connectivity index (χ4n) is 9.04. The Bertz CT molecular complexity index is 1880. The van der Waals surface area contributed by atoms with E-state index >= 15 is 0 Å². The van der Waals surface area contributed by atoms with E-state index in [2.05, 4.69) is 5.32 Å². The van der Waals surface area contributed by atoms with Crippen molar-refractivity contribution in [3.63, 3.8) is 0 Å². The Labute approximate surface area is 279 Å². The summed E-state index contributed by atoms with van der Waals surface area (Å²) in [5, 5.41) is 27.8. The third-order valence-corrected chi connectivity index (χ3v) is 19.0. The number of para-hydroxylation sites is 1. The molecule has 4 amide bonds. The Balaban J connectivity index is 1.17. The van der Waals surface area contributed by atoms with Crippen molar-refractivity contribution in [2.75, 3.05) is 24.3 Å². The first kappa shape index (κ1) is 28.3. The van der Waals surface area contributed by atoms with Crippen molar-refractivity contribution in [3.05, 3.63) is 53.6 Å². The van der Waals surface area contributed by atoms with Crippen LogP contribution in [0, 0.1) is 0 Å². The topological polar surface area (TPSA) is 137 Å². The lowest BCUT2D eigenvalue weighted by atomic mass is 9.90. The minimum absolute atomic E-state index is 0.237. The highest BCUT2D eigenvalue weighted by Gasteiger charge is 2.80. The van der Waals surface area contributed by atoms with Gasteiger partial charge in [-0.05, 0) is 59.2 Å². The van der Waals surface area contributed by atoms with Crippen LogP contribution in [0.3, 0.4) is 0 Å². The molecule has 8 fully saturated rings. The number of benzene rings is 2. The van der Waals surface area contributed by atoms with E-state index in [1.54, 1.807) is 37.7 Å². The number of nitrogens with zero attached hydrogens (tertiary/aromatic N) is 5. The number of piperazine rings is 2. The number of aliphatic hydroxyl groups excluding tert-OH is 2. The number of carbonyl (C=O) groups excluding carboxylic acids is 4. The predicted octanol–water partition coefficient (Wildman–Crippen LogP) is 2.05. The molecule has 2 aromatic carbocycles. The SMILES string of the molecule is CN1C(=O)[C@]23SS[C@@]1(C)C(=O)N2[C@H]1Nc2cccc(N4c5ccccc5C5[C@H]4N4C(=O)[C@]6(C)SS[C@]4(C(=O)N6C)[C@H]5O)c2[C@@H]1C3O. The summed E-state index contributed by atoms with van der Waals surface area (Å²) >= 11 is 0. The average molecular weight is 697 g/mol. The van der Waals surface area contributed by atoms with Gasteiger partial charge < -0.3 is 30.2 Å². The van der Waals surface area contributed by atoms with Crippen molar-refractivity contribution in [2.45, 2.75) is 69.7 Å². The molecule has 12 nitrogen and oxygen atoms in total. The van der Waals surface area contributed by atoms with Gasteiger partial charge >= 0.3 is 0 Å². The van der Waals surface area contributed by atoms with Gasteiger partial charge in [0.1, 0.15) is 24.5 Å². The van der Waals surface area contributed by atoms with Crippen molar-refractivity contribution < 1.29 is 29.4 Å². The van der Waals surface area contributed by atoms with Crippen molar-refractivity contribution in [1.29, 1.82) is 0 Å². The molecule has 2 unspecified atom stereocenters. The molecule has 0 radical (unpaired) electrons. The first-order chi connectivity index (χ1) is 21.9. The van der Waals surface area contributed by atoms with E-state index in [-0.39, 0.29) is 23.6 Å². The number of carbonyl (C=O) groups is 4. The highest BCUT2D eigenvalue weighted by Crippen LogP contribution is 2.71. The van der Waals surface area contributed by atoms with Gasteiger partial charge in [-0.25, -0.2) is 0 Å². The molecular formula is C30H28N6O6S4. The summed E-state index contributed by atoms with van der Waals surface area (Å²) in [7, 11) is 8.33. The van der Waals surface area contributed by atoms with Crippen LogP contribution in [0.1, 0.15) is 36.8 Å². The van der Waals surface area contributed by atoms with Crippen LogP contribution in [-0.4, -0.2) is 112 Å².